The number of amides is 1. The van der Waals surface area contributed by atoms with Crippen LogP contribution in [-0.2, 0) is 10.0 Å². The smallest absolute Gasteiger partial charge is 0.257 e. The molecule has 6 nitrogen and oxygen atoms in total. The van der Waals surface area contributed by atoms with E-state index in [0.29, 0.717) is 17.1 Å². The molecule has 2 aromatic carbocycles. The molecule has 0 spiro atoms. The van der Waals surface area contributed by atoms with Crippen molar-refractivity contribution in [2.45, 2.75) is 20.0 Å². The number of hydrogen-bond acceptors (Lipinski definition) is 4. The molecule has 0 saturated heterocycles. The van der Waals surface area contributed by atoms with E-state index in [4.69, 9.17) is 4.74 Å². The van der Waals surface area contributed by atoms with Gasteiger partial charge in [-0.3, -0.25) is 9.10 Å². The van der Waals surface area contributed by atoms with E-state index in [9.17, 15) is 13.2 Å². The highest BCUT2D eigenvalue weighted by molar-refractivity contribution is 7.92. The normalized spacial score (nSPS) is 11.2. The third-order valence-corrected chi connectivity index (χ3v) is 4.64. The number of para-hydroxylation sites is 1. The fraction of sp³-hybridized carbons (Fsp3) is 0.278. The molecule has 0 aliphatic heterocycles. The van der Waals surface area contributed by atoms with Crippen LogP contribution in [0, 0.1) is 0 Å². The molecule has 0 radical (unpaired) electrons. The van der Waals surface area contributed by atoms with Gasteiger partial charge in [0, 0.05) is 18.8 Å². The molecule has 2 aromatic rings. The molecule has 25 heavy (non-hydrogen) atoms. The van der Waals surface area contributed by atoms with Crippen LogP contribution < -0.4 is 14.4 Å². The predicted octanol–water partition coefficient (Wildman–Crippen LogP) is 3.12. The average Bonchev–Trinajstić information content (AvgIpc) is 2.53. The summed E-state index contributed by atoms with van der Waals surface area (Å²) in [5.41, 5.74) is 1.16. The second-order valence-corrected chi connectivity index (χ2v) is 7.91. The summed E-state index contributed by atoms with van der Waals surface area (Å²) >= 11 is 0. The van der Waals surface area contributed by atoms with Crippen LogP contribution in [-0.4, -0.2) is 33.7 Å². The van der Waals surface area contributed by atoms with E-state index in [2.05, 4.69) is 5.32 Å². The van der Waals surface area contributed by atoms with E-state index in [-0.39, 0.29) is 11.7 Å². The van der Waals surface area contributed by atoms with Gasteiger partial charge in [-0.1, -0.05) is 18.2 Å². The van der Waals surface area contributed by atoms with Crippen molar-refractivity contribution in [2.24, 2.45) is 0 Å². The topological polar surface area (TPSA) is 75.7 Å². The molecule has 7 heteroatoms. The lowest BCUT2D eigenvalue weighted by molar-refractivity contribution is 0.102. The van der Waals surface area contributed by atoms with Crippen LogP contribution in [0.5, 0.6) is 5.75 Å². The van der Waals surface area contributed by atoms with Gasteiger partial charge in [0.25, 0.3) is 5.91 Å². The first-order chi connectivity index (χ1) is 11.7. The van der Waals surface area contributed by atoms with Crippen LogP contribution in [0.1, 0.15) is 24.2 Å². The first-order valence-electron chi connectivity index (χ1n) is 7.79. The predicted molar refractivity (Wildman–Crippen MR) is 99.8 cm³/mol. The Hall–Kier alpha value is -2.54. The summed E-state index contributed by atoms with van der Waals surface area (Å²) < 4.78 is 30.3. The van der Waals surface area contributed by atoms with Gasteiger partial charge in [-0.15, -0.1) is 0 Å². The van der Waals surface area contributed by atoms with E-state index in [1.54, 1.807) is 48.5 Å². The van der Waals surface area contributed by atoms with Crippen molar-refractivity contribution >= 4 is 27.3 Å². The molecule has 0 unspecified atom stereocenters. The van der Waals surface area contributed by atoms with E-state index in [0.717, 1.165) is 10.6 Å². The molecular formula is C18H22N2O4S. The summed E-state index contributed by atoms with van der Waals surface area (Å²) in [5, 5.41) is 2.78. The summed E-state index contributed by atoms with van der Waals surface area (Å²) in [6.45, 7) is 3.84. The van der Waals surface area contributed by atoms with Gasteiger partial charge in [0.1, 0.15) is 5.75 Å². The maximum atomic E-state index is 12.6. The molecule has 0 atom stereocenters. The Balaban J connectivity index is 2.28. The molecule has 0 aliphatic rings. The highest BCUT2D eigenvalue weighted by Crippen LogP contribution is 2.24. The molecule has 0 aliphatic carbocycles. The first-order valence-corrected chi connectivity index (χ1v) is 9.64. The van der Waals surface area contributed by atoms with Gasteiger partial charge in [-0.05, 0) is 38.1 Å². The summed E-state index contributed by atoms with van der Waals surface area (Å²) in [6.07, 6.45) is 1.11. The lowest BCUT2D eigenvalue weighted by atomic mass is 10.1. The highest BCUT2D eigenvalue weighted by Gasteiger charge is 2.19. The van der Waals surface area contributed by atoms with Crippen molar-refractivity contribution < 1.29 is 17.9 Å². The maximum absolute atomic E-state index is 12.6. The summed E-state index contributed by atoms with van der Waals surface area (Å²) in [4.78, 5) is 12.6. The molecule has 1 amide bonds. The summed E-state index contributed by atoms with van der Waals surface area (Å²) in [7, 11) is -2.06. The van der Waals surface area contributed by atoms with Crippen molar-refractivity contribution in [1.82, 2.24) is 0 Å². The third-order valence-electron chi connectivity index (χ3n) is 3.45. The zero-order valence-electron chi connectivity index (χ0n) is 14.7. The molecule has 2 rings (SSSR count). The minimum atomic E-state index is -3.47. The van der Waals surface area contributed by atoms with Crippen LogP contribution in [0.3, 0.4) is 0 Å². The zero-order valence-corrected chi connectivity index (χ0v) is 15.5. The molecule has 1 N–H and O–H groups in total. The van der Waals surface area contributed by atoms with E-state index < -0.39 is 15.9 Å². The maximum Gasteiger partial charge on any atom is 0.257 e. The quantitative estimate of drug-likeness (QED) is 0.857. The molecule has 0 fully saturated rings. The Bertz CT molecular complexity index is 863. The number of nitrogens with zero attached hydrogens (tertiary/aromatic N) is 1. The SMILES string of the molecule is CC(C)Oc1cccc(NC(=O)c2ccccc2N(C)S(C)(=O)=O)c1. The summed E-state index contributed by atoms with van der Waals surface area (Å²) in [6, 6.07) is 13.6. The van der Waals surface area contributed by atoms with Crippen LogP contribution >= 0.6 is 0 Å². The van der Waals surface area contributed by atoms with Gasteiger partial charge in [0.2, 0.25) is 10.0 Å². The van der Waals surface area contributed by atoms with Gasteiger partial charge < -0.3 is 10.1 Å². The van der Waals surface area contributed by atoms with Gasteiger partial charge in [-0.2, -0.15) is 0 Å². The fourth-order valence-corrected chi connectivity index (χ4v) is 2.75. The zero-order chi connectivity index (χ0) is 18.6. The Labute approximate surface area is 148 Å². The minimum Gasteiger partial charge on any atom is -0.491 e. The Morgan fingerprint density at radius 1 is 1.12 bits per heavy atom. The van der Waals surface area contributed by atoms with Gasteiger partial charge in [0.15, 0.2) is 0 Å². The van der Waals surface area contributed by atoms with Crippen LogP contribution in [0.25, 0.3) is 0 Å². The van der Waals surface area contributed by atoms with E-state index in [1.807, 2.05) is 13.8 Å². The van der Waals surface area contributed by atoms with Crippen LogP contribution in [0.15, 0.2) is 48.5 Å². The van der Waals surface area contributed by atoms with Crippen molar-refractivity contribution in [2.75, 3.05) is 22.9 Å². The second kappa shape index (κ2) is 7.57. The monoisotopic (exact) mass is 362 g/mol. The van der Waals surface area contributed by atoms with Crippen molar-refractivity contribution in [1.29, 1.82) is 0 Å². The number of sulfonamides is 1. The van der Waals surface area contributed by atoms with Gasteiger partial charge >= 0.3 is 0 Å². The van der Waals surface area contributed by atoms with Gasteiger partial charge in [0.05, 0.1) is 23.6 Å². The number of ether oxygens (including phenoxy) is 1. The number of benzene rings is 2. The molecule has 0 bridgehead atoms. The minimum absolute atomic E-state index is 0.0232. The number of carbonyl (C=O) groups is 1. The summed E-state index contributed by atoms with van der Waals surface area (Å²) in [5.74, 6) is 0.252. The number of carbonyl (C=O) groups excluding carboxylic acids is 1. The Kier molecular flexibility index (Phi) is 5.69. The molecule has 0 heterocycles. The lowest BCUT2D eigenvalue weighted by Crippen LogP contribution is -2.27. The van der Waals surface area contributed by atoms with E-state index in [1.165, 1.54) is 7.05 Å². The largest absolute Gasteiger partial charge is 0.491 e. The van der Waals surface area contributed by atoms with Crippen LogP contribution in [0.4, 0.5) is 11.4 Å². The van der Waals surface area contributed by atoms with Crippen molar-refractivity contribution in [3.63, 3.8) is 0 Å². The third kappa shape index (κ3) is 4.96. The van der Waals surface area contributed by atoms with Crippen molar-refractivity contribution in [3.8, 4) is 5.75 Å². The second-order valence-electron chi connectivity index (χ2n) is 5.90. The van der Waals surface area contributed by atoms with Crippen molar-refractivity contribution in [3.05, 3.63) is 54.1 Å². The number of hydrogen-bond donors (Lipinski definition) is 1. The number of rotatable bonds is 6. The molecule has 0 saturated carbocycles. The Morgan fingerprint density at radius 2 is 1.80 bits per heavy atom. The average molecular weight is 362 g/mol. The molecule has 0 aromatic heterocycles. The first kappa shape index (κ1) is 18.8. The standard InChI is InChI=1S/C18H22N2O4S/c1-13(2)24-15-9-7-8-14(12-15)19-18(21)16-10-5-6-11-17(16)20(3)25(4,22)23/h5-13H,1-4H3,(H,19,21). The number of anilines is 2. The van der Waals surface area contributed by atoms with Gasteiger partial charge in [-0.25, -0.2) is 8.42 Å². The highest BCUT2D eigenvalue weighted by atomic mass is 32.2. The molecule has 134 valence electrons. The lowest BCUT2D eigenvalue weighted by Gasteiger charge is -2.20. The molecular weight excluding hydrogens is 340 g/mol. The number of nitrogens with one attached hydrogen (secondary N) is 1. The fourth-order valence-electron chi connectivity index (χ4n) is 2.24. The van der Waals surface area contributed by atoms with Crippen LogP contribution in [0.2, 0.25) is 0 Å². The van der Waals surface area contributed by atoms with E-state index >= 15 is 0 Å². The Morgan fingerprint density at radius 3 is 2.44 bits per heavy atom.